The van der Waals surface area contributed by atoms with Gasteiger partial charge in [-0.3, -0.25) is 9.59 Å². The maximum absolute atomic E-state index is 12.4. The third kappa shape index (κ3) is 3.37. The third-order valence-corrected chi connectivity index (χ3v) is 4.51. The van der Waals surface area contributed by atoms with E-state index in [0.29, 0.717) is 11.4 Å². The number of hydrogen-bond donors (Lipinski definition) is 2. The SMILES string of the molecule is CC(NC(=O)c1cccs1)C(=O)N1CCCCC1CN. The van der Waals surface area contributed by atoms with Crippen LogP contribution in [0, 0.1) is 0 Å². The van der Waals surface area contributed by atoms with Gasteiger partial charge in [-0.1, -0.05) is 6.07 Å². The number of hydrogen-bond acceptors (Lipinski definition) is 4. The molecule has 2 atom stereocenters. The van der Waals surface area contributed by atoms with Crippen molar-refractivity contribution in [2.45, 2.75) is 38.3 Å². The minimum absolute atomic E-state index is 0.0370. The van der Waals surface area contributed by atoms with Crippen LogP contribution < -0.4 is 11.1 Å². The standard InChI is InChI=1S/C14H21N3O2S/c1-10(16-13(18)12-6-4-8-20-12)14(19)17-7-3-2-5-11(17)9-15/h4,6,8,10-11H,2-3,5,7,9,15H2,1H3,(H,16,18). The van der Waals surface area contributed by atoms with Crippen molar-refractivity contribution in [2.75, 3.05) is 13.1 Å². The average molecular weight is 295 g/mol. The first-order valence-electron chi connectivity index (χ1n) is 6.98. The lowest BCUT2D eigenvalue weighted by molar-refractivity contribution is -0.136. The summed E-state index contributed by atoms with van der Waals surface area (Å²) in [6.07, 6.45) is 3.07. The summed E-state index contributed by atoms with van der Waals surface area (Å²) >= 11 is 1.37. The molecule has 1 fully saturated rings. The van der Waals surface area contributed by atoms with Crippen LogP contribution >= 0.6 is 11.3 Å². The Morgan fingerprint density at radius 1 is 1.55 bits per heavy atom. The number of amides is 2. The van der Waals surface area contributed by atoms with Gasteiger partial charge in [0, 0.05) is 19.1 Å². The minimum Gasteiger partial charge on any atom is -0.340 e. The highest BCUT2D eigenvalue weighted by Crippen LogP contribution is 2.17. The number of piperidine rings is 1. The molecule has 0 aliphatic carbocycles. The lowest BCUT2D eigenvalue weighted by atomic mass is 10.0. The van der Waals surface area contributed by atoms with E-state index in [9.17, 15) is 9.59 Å². The zero-order valence-electron chi connectivity index (χ0n) is 11.7. The smallest absolute Gasteiger partial charge is 0.261 e. The van der Waals surface area contributed by atoms with E-state index in [1.54, 1.807) is 13.0 Å². The molecule has 0 radical (unpaired) electrons. The van der Waals surface area contributed by atoms with Gasteiger partial charge in [0.25, 0.3) is 5.91 Å². The summed E-state index contributed by atoms with van der Waals surface area (Å²) in [5.74, 6) is -0.229. The van der Waals surface area contributed by atoms with Gasteiger partial charge in [0.15, 0.2) is 0 Å². The number of rotatable bonds is 4. The lowest BCUT2D eigenvalue weighted by Crippen LogP contribution is -2.54. The molecule has 20 heavy (non-hydrogen) atoms. The van der Waals surface area contributed by atoms with Crippen LogP contribution in [-0.4, -0.2) is 41.9 Å². The minimum atomic E-state index is -0.517. The predicted octanol–water partition coefficient (Wildman–Crippen LogP) is 1.21. The number of carbonyl (C=O) groups is 2. The van der Waals surface area contributed by atoms with E-state index in [0.717, 1.165) is 25.8 Å². The molecule has 2 rings (SSSR count). The fraction of sp³-hybridized carbons (Fsp3) is 0.571. The Balaban J connectivity index is 1.95. The molecule has 0 spiro atoms. The summed E-state index contributed by atoms with van der Waals surface area (Å²) in [7, 11) is 0. The topological polar surface area (TPSA) is 75.4 Å². The Bertz CT molecular complexity index is 461. The van der Waals surface area contributed by atoms with Crippen LogP contribution in [0.4, 0.5) is 0 Å². The van der Waals surface area contributed by atoms with Gasteiger partial charge >= 0.3 is 0 Å². The lowest BCUT2D eigenvalue weighted by Gasteiger charge is -2.36. The first-order valence-corrected chi connectivity index (χ1v) is 7.86. The molecule has 2 unspecified atom stereocenters. The number of carbonyl (C=O) groups excluding carboxylic acids is 2. The van der Waals surface area contributed by atoms with E-state index in [1.807, 2.05) is 16.3 Å². The Kier molecular flexibility index (Phi) is 5.14. The molecule has 1 aromatic rings. The Morgan fingerprint density at radius 2 is 2.35 bits per heavy atom. The molecule has 0 aromatic carbocycles. The number of nitrogens with one attached hydrogen (secondary N) is 1. The van der Waals surface area contributed by atoms with Crippen molar-refractivity contribution >= 4 is 23.2 Å². The van der Waals surface area contributed by atoms with Crippen molar-refractivity contribution < 1.29 is 9.59 Å². The molecule has 2 amide bonds. The average Bonchev–Trinajstić information content (AvgIpc) is 3.00. The summed E-state index contributed by atoms with van der Waals surface area (Å²) in [5.41, 5.74) is 5.73. The first-order chi connectivity index (χ1) is 9.63. The molecule has 6 heteroatoms. The van der Waals surface area contributed by atoms with Crippen molar-refractivity contribution in [3.63, 3.8) is 0 Å². The summed E-state index contributed by atoms with van der Waals surface area (Å²) in [6.45, 7) is 2.95. The van der Waals surface area contributed by atoms with E-state index < -0.39 is 6.04 Å². The van der Waals surface area contributed by atoms with Gasteiger partial charge < -0.3 is 16.0 Å². The van der Waals surface area contributed by atoms with Crippen LogP contribution in [0.15, 0.2) is 17.5 Å². The van der Waals surface area contributed by atoms with Crippen molar-refractivity contribution in [1.29, 1.82) is 0 Å². The van der Waals surface area contributed by atoms with E-state index >= 15 is 0 Å². The molecule has 3 N–H and O–H groups in total. The highest BCUT2D eigenvalue weighted by molar-refractivity contribution is 7.12. The van der Waals surface area contributed by atoms with Crippen molar-refractivity contribution in [3.05, 3.63) is 22.4 Å². The van der Waals surface area contributed by atoms with E-state index in [1.165, 1.54) is 11.3 Å². The van der Waals surface area contributed by atoms with Crippen LogP contribution in [0.5, 0.6) is 0 Å². The van der Waals surface area contributed by atoms with Crippen LogP contribution in [0.3, 0.4) is 0 Å². The van der Waals surface area contributed by atoms with Gasteiger partial charge in [-0.25, -0.2) is 0 Å². The van der Waals surface area contributed by atoms with Gasteiger partial charge in [-0.15, -0.1) is 11.3 Å². The highest BCUT2D eigenvalue weighted by Gasteiger charge is 2.29. The van der Waals surface area contributed by atoms with Gasteiger partial charge in [-0.05, 0) is 37.6 Å². The molecular weight excluding hydrogens is 274 g/mol. The molecule has 110 valence electrons. The zero-order chi connectivity index (χ0) is 14.5. The second-order valence-electron chi connectivity index (χ2n) is 5.09. The largest absolute Gasteiger partial charge is 0.340 e. The molecule has 0 saturated carbocycles. The molecule has 1 aliphatic rings. The number of nitrogens with zero attached hydrogens (tertiary/aromatic N) is 1. The second kappa shape index (κ2) is 6.85. The summed E-state index contributed by atoms with van der Waals surface area (Å²) in [6, 6.07) is 3.16. The normalized spacial score (nSPS) is 20.5. The second-order valence-corrected chi connectivity index (χ2v) is 6.04. The maximum atomic E-state index is 12.4. The number of thiophene rings is 1. The monoisotopic (exact) mass is 295 g/mol. The predicted molar refractivity (Wildman–Crippen MR) is 79.7 cm³/mol. The Morgan fingerprint density at radius 3 is 3.00 bits per heavy atom. The molecule has 1 aromatic heterocycles. The quantitative estimate of drug-likeness (QED) is 0.876. The molecular formula is C14H21N3O2S. The van der Waals surface area contributed by atoms with Crippen LogP contribution in [0.2, 0.25) is 0 Å². The van der Waals surface area contributed by atoms with Crippen molar-refractivity contribution in [2.24, 2.45) is 5.73 Å². The van der Waals surface area contributed by atoms with Crippen LogP contribution in [-0.2, 0) is 4.79 Å². The Hall–Kier alpha value is -1.40. The summed E-state index contributed by atoms with van der Waals surface area (Å²) in [5, 5.41) is 4.61. The molecule has 1 aliphatic heterocycles. The molecule has 5 nitrogen and oxygen atoms in total. The van der Waals surface area contributed by atoms with Crippen molar-refractivity contribution in [1.82, 2.24) is 10.2 Å². The highest BCUT2D eigenvalue weighted by atomic mass is 32.1. The molecule has 0 bridgehead atoms. The van der Waals surface area contributed by atoms with Crippen LogP contribution in [0.25, 0.3) is 0 Å². The summed E-state index contributed by atoms with van der Waals surface area (Å²) in [4.78, 5) is 26.8. The molecule has 2 heterocycles. The van der Waals surface area contributed by atoms with Gasteiger partial charge in [0.2, 0.25) is 5.91 Å². The maximum Gasteiger partial charge on any atom is 0.261 e. The van der Waals surface area contributed by atoms with Gasteiger partial charge in [0.1, 0.15) is 6.04 Å². The van der Waals surface area contributed by atoms with E-state index in [2.05, 4.69) is 5.32 Å². The van der Waals surface area contributed by atoms with Crippen molar-refractivity contribution in [3.8, 4) is 0 Å². The van der Waals surface area contributed by atoms with E-state index in [4.69, 9.17) is 5.73 Å². The van der Waals surface area contributed by atoms with Gasteiger partial charge in [0.05, 0.1) is 4.88 Å². The number of likely N-dealkylation sites (tertiary alicyclic amines) is 1. The first kappa shape index (κ1) is 15.0. The fourth-order valence-electron chi connectivity index (χ4n) is 2.52. The fourth-order valence-corrected chi connectivity index (χ4v) is 3.15. The summed E-state index contributed by atoms with van der Waals surface area (Å²) < 4.78 is 0. The van der Waals surface area contributed by atoms with Gasteiger partial charge in [-0.2, -0.15) is 0 Å². The van der Waals surface area contributed by atoms with E-state index in [-0.39, 0.29) is 17.9 Å². The zero-order valence-corrected chi connectivity index (χ0v) is 12.5. The third-order valence-electron chi connectivity index (χ3n) is 3.65. The Labute approximate surface area is 123 Å². The van der Waals surface area contributed by atoms with Crippen LogP contribution in [0.1, 0.15) is 35.9 Å². The number of nitrogens with two attached hydrogens (primary N) is 1. The molecule has 1 saturated heterocycles.